The summed E-state index contributed by atoms with van der Waals surface area (Å²) in [4.78, 5) is 22.1. The molecule has 0 aliphatic carbocycles. The minimum absolute atomic E-state index is 0.107. The molecule has 0 spiro atoms. The third-order valence-corrected chi connectivity index (χ3v) is 6.19. The van der Waals surface area contributed by atoms with Gasteiger partial charge in [-0.3, -0.25) is 9.59 Å². The molecule has 1 rings (SSSR count). The van der Waals surface area contributed by atoms with Crippen molar-refractivity contribution < 1.29 is 18.0 Å². The molecule has 0 aliphatic rings. The number of benzene rings is 1. The highest BCUT2D eigenvalue weighted by atomic mass is 32.2. The van der Waals surface area contributed by atoms with Crippen LogP contribution >= 0.6 is 0 Å². The molecule has 0 aliphatic heterocycles. The van der Waals surface area contributed by atoms with E-state index in [1.165, 1.54) is 18.2 Å². The first-order valence-corrected chi connectivity index (χ1v) is 10.4. The van der Waals surface area contributed by atoms with Gasteiger partial charge >= 0.3 is 0 Å². The van der Waals surface area contributed by atoms with Gasteiger partial charge in [0.25, 0.3) is 0 Å². The maximum absolute atomic E-state index is 12.7. The molecule has 0 bridgehead atoms. The first-order chi connectivity index (χ1) is 11.5. The average Bonchev–Trinajstić information content (AvgIpc) is 2.58. The number of rotatable bonds is 12. The number of aldehydes is 2. The van der Waals surface area contributed by atoms with Crippen LogP contribution in [0.1, 0.15) is 79.5 Å². The van der Waals surface area contributed by atoms with Crippen LogP contribution in [0.5, 0.6) is 0 Å². The summed E-state index contributed by atoms with van der Waals surface area (Å²) in [6.45, 7) is 4.24. The van der Waals surface area contributed by atoms with Gasteiger partial charge in [0.05, 0.1) is 10.6 Å². The standard InChI is InChI=1S/C19H28O4S/c1-3-5-7-9-16(8-6-4-2)15-24(22,23)19-11-10-17(13-20)18(12-19)14-21/h10-14,16H,3-9,15H2,1-2H3. The Bertz CT molecular complexity index is 635. The SMILES string of the molecule is CCCCCC(CCCC)CS(=O)(=O)c1ccc(C=O)c(C=O)c1. The van der Waals surface area contributed by atoms with Crippen LogP contribution in [0.25, 0.3) is 0 Å². The van der Waals surface area contributed by atoms with E-state index < -0.39 is 9.84 Å². The van der Waals surface area contributed by atoms with Gasteiger partial charge in [0, 0.05) is 11.1 Å². The second-order valence-corrected chi connectivity index (χ2v) is 8.35. The van der Waals surface area contributed by atoms with Crippen LogP contribution in [-0.2, 0) is 9.84 Å². The van der Waals surface area contributed by atoms with Crippen molar-refractivity contribution in [3.63, 3.8) is 0 Å². The Morgan fingerprint density at radius 2 is 1.54 bits per heavy atom. The molecule has 4 nitrogen and oxygen atoms in total. The fraction of sp³-hybridized carbons (Fsp3) is 0.579. The molecular formula is C19H28O4S. The van der Waals surface area contributed by atoms with Crippen LogP contribution in [0, 0.1) is 5.92 Å². The number of carbonyl (C=O) groups excluding carboxylic acids is 2. The fourth-order valence-corrected chi connectivity index (χ4v) is 4.58. The summed E-state index contributed by atoms with van der Waals surface area (Å²) >= 11 is 0. The third kappa shape index (κ3) is 6.19. The van der Waals surface area contributed by atoms with Crippen molar-refractivity contribution in [2.45, 2.75) is 63.7 Å². The van der Waals surface area contributed by atoms with Crippen LogP contribution in [0.4, 0.5) is 0 Å². The Labute approximate surface area is 145 Å². The summed E-state index contributed by atoms with van der Waals surface area (Å²) in [6, 6.07) is 4.14. The molecule has 0 saturated heterocycles. The molecule has 0 heterocycles. The Morgan fingerprint density at radius 1 is 0.917 bits per heavy atom. The molecule has 1 unspecified atom stereocenters. The minimum atomic E-state index is -3.46. The van der Waals surface area contributed by atoms with Gasteiger partial charge in [-0.05, 0) is 37.0 Å². The van der Waals surface area contributed by atoms with Gasteiger partial charge in [-0.1, -0.05) is 46.0 Å². The zero-order chi connectivity index (χ0) is 18.0. The van der Waals surface area contributed by atoms with Crippen molar-refractivity contribution in [1.29, 1.82) is 0 Å². The second kappa shape index (κ2) is 10.4. The smallest absolute Gasteiger partial charge is 0.178 e. The number of hydrogen-bond acceptors (Lipinski definition) is 4. The molecule has 0 fully saturated rings. The quantitative estimate of drug-likeness (QED) is 0.411. The van der Waals surface area contributed by atoms with Crippen LogP contribution in [0.15, 0.2) is 23.1 Å². The van der Waals surface area contributed by atoms with Crippen molar-refractivity contribution in [2.24, 2.45) is 5.92 Å². The number of unbranched alkanes of at least 4 members (excludes halogenated alkanes) is 3. The Hall–Kier alpha value is -1.49. The molecule has 0 saturated carbocycles. The highest BCUT2D eigenvalue weighted by Gasteiger charge is 2.22. The number of sulfone groups is 1. The van der Waals surface area contributed by atoms with Crippen molar-refractivity contribution in [3.8, 4) is 0 Å². The molecule has 1 aromatic rings. The van der Waals surface area contributed by atoms with E-state index >= 15 is 0 Å². The van der Waals surface area contributed by atoms with Gasteiger partial charge in [0.1, 0.15) is 0 Å². The zero-order valence-corrected chi connectivity index (χ0v) is 15.5. The topological polar surface area (TPSA) is 68.3 Å². The van der Waals surface area contributed by atoms with Gasteiger partial charge in [-0.2, -0.15) is 0 Å². The number of carbonyl (C=O) groups is 2. The molecule has 134 valence electrons. The van der Waals surface area contributed by atoms with Crippen LogP contribution in [0.2, 0.25) is 0 Å². The number of hydrogen-bond donors (Lipinski definition) is 0. The van der Waals surface area contributed by atoms with Gasteiger partial charge in [-0.15, -0.1) is 0 Å². The molecule has 0 amide bonds. The average molecular weight is 352 g/mol. The summed E-state index contributed by atoms with van der Waals surface area (Å²) in [6.07, 6.45) is 8.27. The van der Waals surface area contributed by atoms with Crippen molar-refractivity contribution >= 4 is 22.4 Å². The lowest BCUT2D eigenvalue weighted by atomic mass is 9.97. The van der Waals surface area contributed by atoms with Gasteiger partial charge < -0.3 is 0 Å². The predicted molar refractivity (Wildman–Crippen MR) is 96.4 cm³/mol. The monoisotopic (exact) mass is 352 g/mol. The molecule has 1 atom stereocenters. The van der Waals surface area contributed by atoms with Crippen LogP contribution in [0.3, 0.4) is 0 Å². The highest BCUT2D eigenvalue weighted by Crippen LogP contribution is 2.23. The minimum Gasteiger partial charge on any atom is -0.298 e. The van der Waals surface area contributed by atoms with E-state index in [9.17, 15) is 18.0 Å². The van der Waals surface area contributed by atoms with Crippen LogP contribution in [-0.4, -0.2) is 26.7 Å². The van der Waals surface area contributed by atoms with Crippen molar-refractivity contribution in [1.82, 2.24) is 0 Å². The second-order valence-electron chi connectivity index (χ2n) is 6.31. The molecule has 5 heteroatoms. The summed E-state index contributed by atoms with van der Waals surface area (Å²) in [5, 5.41) is 0. The van der Waals surface area contributed by atoms with E-state index in [4.69, 9.17) is 0 Å². The molecule has 24 heavy (non-hydrogen) atoms. The lowest BCUT2D eigenvalue weighted by Crippen LogP contribution is -2.17. The van der Waals surface area contributed by atoms with E-state index in [-0.39, 0.29) is 27.7 Å². The van der Waals surface area contributed by atoms with E-state index in [2.05, 4.69) is 13.8 Å². The maximum atomic E-state index is 12.7. The predicted octanol–water partition coefficient (Wildman–Crippen LogP) is 4.47. The summed E-state index contributed by atoms with van der Waals surface area (Å²) in [5.74, 6) is 0.252. The summed E-state index contributed by atoms with van der Waals surface area (Å²) in [5.41, 5.74) is 0.344. The van der Waals surface area contributed by atoms with E-state index in [1.54, 1.807) is 0 Å². The zero-order valence-electron chi connectivity index (χ0n) is 14.7. The molecule has 0 aromatic heterocycles. The van der Waals surface area contributed by atoms with Gasteiger partial charge in [-0.25, -0.2) is 8.42 Å². The van der Waals surface area contributed by atoms with Gasteiger partial charge in [0.15, 0.2) is 22.4 Å². The maximum Gasteiger partial charge on any atom is 0.178 e. The van der Waals surface area contributed by atoms with E-state index in [0.717, 1.165) is 44.9 Å². The lowest BCUT2D eigenvalue weighted by molar-refractivity contribution is 0.109. The fourth-order valence-electron chi connectivity index (χ4n) is 2.85. The van der Waals surface area contributed by atoms with E-state index in [1.807, 2.05) is 0 Å². The largest absolute Gasteiger partial charge is 0.298 e. The van der Waals surface area contributed by atoms with Crippen molar-refractivity contribution in [2.75, 3.05) is 5.75 Å². The Balaban J connectivity index is 2.94. The summed E-state index contributed by atoms with van der Waals surface area (Å²) < 4.78 is 25.4. The Kier molecular flexibility index (Phi) is 8.90. The summed E-state index contributed by atoms with van der Waals surface area (Å²) in [7, 11) is -3.46. The first kappa shape index (κ1) is 20.6. The molecule has 0 radical (unpaired) electrons. The van der Waals surface area contributed by atoms with E-state index in [0.29, 0.717) is 12.6 Å². The third-order valence-electron chi connectivity index (χ3n) is 4.31. The first-order valence-electron chi connectivity index (χ1n) is 8.75. The van der Waals surface area contributed by atoms with Crippen LogP contribution < -0.4 is 0 Å². The molecule has 1 aromatic carbocycles. The Morgan fingerprint density at radius 3 is 2.12 bits per heavy atom. The normalized spacial score (nSPS) is 12.8. The molecule has 0 N–H and O–H groups in total. The van der Waals surface area contributed by atoms with Crippen molar-refractivity contribution in [3.05, 3.63) is 29.3 Å². The molecular weight excluding hydrogens is 324 g/mol. The highest BCUT2D eigenvalue weighted by molar-refractivity contribution is 7.91. The van der Waals surface area contributed by atoms with Gasteiger partial charge in [0.2, 0.25) is 0 Å². The lowest BCUT2D eigenvalue weighted by Gasteiger charge is -2.17.